The van der Waals surface area contributed by atoms with Crippen LogP contribution < -0.4 is 10.6 Å². The van der Waals surface area contributed by atoms with E-state index in [2.05, 4.69) is 15.6 Å². The molecule has 6 heteroatoms. The number of aromatic nitrogens is 1. The van der Waals surface area contributed by atoms with Crippen molar-refractivity contribution in [3.63, 3.8) is 0 Å². The second-order valence-electron chi connectivity index (χ2n) is 5.68. The van der Waals surface area contributed by atoms with Crippen LogP contribution in [0.1, 0.15) is 18.4 Å². The lowest BCUT2D eigenvalue weighted by Crippen LogP contribution is -2.35. The number of fused-ring (bicyclic) bond motifs is 1. The van der Waals surface area contributed by atoms with E-state index in [0.717, 1.165) is 34.8 Å². The maximum Gasteiger partial charge on any atom is 0.233 e. The van der Waals surface area contributed by atoms with Crippen molar-refractivity contribution in [2.24, 2.45) is 5.92 Å². The maximum absolute atomic E-state index is 11.7. The van der Waals surface area contributed by atoms with E-state index in [4.69, 9.17) is 11.6 Å². The number of rotatable bonds is 7. The lowest BCUT2D eigenvalue weighted by Gasteiger charge is -2.06. The molecule has 0 atom stereocenters. The van der Waals surface area contributed by atoms with E-state index in [0.29, 0.717) is 13.1 Å². The summed E-state index contributed by atoms with van der Waals surface area (Å²) in [4.78, 5) is 14.9. The molecule has 0 aliphatic heterocycles. The SMILES string of the molecule is Cl.O=C(CNCC1CC1)NCCc1c[nH]c2ccc(Cl)cc12. The first-order valence-corrected chi connectivity index (χ1v) is 7.83. The fraction of sp³-hybridized carbons (Fsp3) is 0.438. The Hall–Kier alpha value is -1.23. The quantitative estimate of drug-likeness (QED) is 0.725. The number of carbonyl (C=O) groups excluding carboxylic acids is 1. The van der Waals surface area contributed by atoms with Gasteiger partial charge in [-0.3, -0.25) is 4.79 Å². The second kappa shape index (κ2) is 7.86. The van der Waals surface area contributed by atoms with Gasteiger partial charge in [0.25, 0.3) is 0 Å². The molecule has 0 unspecified atom stereocenters. The molecule has 22 heavy (non-hydrogen) atoms. The van der Waals surface area contributed by atoms with E-state index in [1.165, 1.54) is 18.4 Å². The van der Waals surface area contributed by atoms with Crippen LogP contribution in [0.4, 0.5) is 0 Å². The molecule has 0 bridgehead atoms. The van der Waals surface area contributed by atoms with Crippen molar-refractivity contribution in [1.82, 2.24) is 15.6 Å². The van der Waals surface area contributed by atoms with Gasteiger partial charge in [-0.1, -0.05) is 11.6 Å². The van der Waals surface area contributed by atoms with Crippen LogP contribution in [0, 0.1) is 5.92 Å². The van der Waals surface area contributed by atoms with Crippen LogP contribution in [0.25, 0.3) is 10.9 Å². The summed E-state index contributed by atoms with van der Waals surface area (Å²) in [5.74, 6) is 0.863. The molecule has 2 aromatic rings. The lowest BCUT2D eigenvalue weighted by atomic mass is 10.1. The van der Waals surface area contributed by atoms with Crippen molar-refractivity contribution >= 4 is 40.8 Å². The van der Waals surface area contributed by atoms with Crippen molar-refractivity contribution in [1.29, 1.82) is 0 Å². The second-order valence-corrected chi connectivity index (χ2v) is 6.11. The Morgan fingerprint density at radius 3 is 2.95 bits per heavy atom. The molecular formula is C16H21Cl2N3O. The molecule has 1 aromatic heterocycles. The third-order valence-electron chi connectivity index (χ3n) is 3.86. The van der Waals surface area contributed by atoms with Gasteiger partial charge in [-0.25, -0.2) is 0 Å². The maximum atomic E-state index is 11.7. The first kappa shape index (κ1) is 17.1. The van der Waals surface area contributed by atoms with Gasteiger partial charge in [-0.2, -0.15) is 0 Å². The molecule has 3 N–H and O–H groups in total. The molecule has 0 radical (unpaired) electrons. The highest BCUT2D eigenvalue weighted by molar-refractivity contribution is 6.31. The van der Waals surface area contributed by atoms with Crippen LogP contribution in [-0.4, -0.2) is 30.5 Å². The van der Waals surface area contributed by atoms with Crippen LogP contribution >= 0.6 is 24.0 Å². The number of hydrogen-bond acceptors (Lipinski definition) is 2. The van der Waals surface area contributed by atoms with E-state index in [-0.39, 0.29) is 18.3 Å². The Balaban J connectivity index is 0.00000176. The average molecular weight is 342 g/mol. The minimum absolute atomic E-state index is 0. The first-order valence-electron chi connectivity index (χ1n) is 7.45. The Labute approximate surface area is 141 Å². The summed E-state index contributed by atoms with van der Waals surface area (Å²) in [7, 11) is 0. The predicted octanol–water partition coefficient (Wildman–Crippen LogP) is 2.90. The summed E-state index contributed by atoms with van der Waals surface area (Å²) < 4.78 is 0. The molecule has 4 nitrogen and oxygen atoms in total. The molecule has 1 aliphatic carbocycles. The Kier molecular flexibility index (Phi) is 6.12. The summed E-state index contributed by atoms with van der Waals surface area (Å²) in [6, 6.07) is 5.81. The zero-order chi connectivity index (χ0) is 14.7. The summed E-state index contributed by atoms with van der Waals surface area (Å²) in [6.45, 7) is 2.02. The minimum atomic E-state index is 0. The first-order chi connectivity index (χ1) is 10.2. The van der Waals surface area contributed by atoms with Crippen molar-refractivity contribution in [3.8, 4) is 0 Å². The van der Waals surface area contributed by atoms with E-state index in [1.807, 2.05) is 24.4 Å². The van der Waals surface area contributed by atoms with Gasteiger partial charge in [0.2, 0.25) is 5.91 Å². The van der Waals surface area contributed by atoms with Gasteiger partial charge in [0, 0.05) is 28.7 Å². The highest BCUT2D eigenvalue weighted by Gasteiger charge is 2.20. The molecule has 1 amide bonds. The number of amides is 1. The number of carbonyl (C=O) groups is 1. The minimum Gasteiger partial charge on any atom is -0.361 e. The fourth-order valence-electron chi connectivity index (χ4n) is 2.47. The summed E-state index contributed by atoms with van der Waals surface area (Å²) >= 11 is 6.03. The third kappa shape index (κ3) is 4.63. The molecule has 1 fully saturated rings. The molecule has 120 valence electrons. The zero-order valence-corrected chi connectivity index (χ0v) is 13.9. The Bertz CT molecular complexity index is 637. The van der Waals surface area contributed by atoms with E-state index >= 15 is 0 Å². The third-order valence-corrected chi connectivity index (χ3v) is 4.10. The lowest BCUT2D eigenvalue weighted by molar-refractivity contribution is -0.120. The van der Waals surface area contributed by atoms with Crippen molar-refractivity contribution < 1.29 is 4.79 Å². The number of halogens is 2. The van der Waals surface area contributed by atoms with E-state index in [9.17, 15) is 4.79 Å². The predicted molar refractivity (Wildman–Crippen MR) is 92.9 cm³/mol. The smallest absolute Gasteiger partial charge is 0.233 e. The monoisotopic (exact) mass is 341 g/mol. The highest BCUT2D eigenvalue weighted by atomic mass is 35.5. The van der Waals surface area contributed by atoms with E-state index in [1.54, 1.807) is 0 Å². The van der Waals surface area contributed by atoms with Gasteiger partial charge in [-0.05, 0) is 55.5 Å². The van der Waals surface area contributed by atoms with Crippen LogP contribution in [-0.2, 0) is 11.2 Å². The van der Waals surface area contributed by atoms with Crippen LogP contribution in [0.2, 0.25) is 5.02 Å². The highest BCUT2D eigenvalue weighted by Crippen LogP contribution is 2.27. The Morgan fingerprint density at radius 1 is 1.36 bits per heavy atom. The fourth-order valence-corrected chi connectivity index (χ4v) is 2.64. The van der Waals surface area contributed by atoms with Gasteiger partial charge in [0.05, 0.1) is 6.54 Å². The van der Waals surface area contributed by atoms with Crippen molar-refractivity contribution in [2.45, 2.75) is 19.3 Å². The summed E-state index contributed by atoms with van der Waals surface area (Å²) in [5, 5.41) is 8.00. The Morgan fingerprint density at radius 2 is 2.18 bits per heavy atom. The molecule has 3 rings (SSSR count). The standard InChI is InChI=1S/C16H20ClN3O.ClH/c17-13-3-4-15-14(7-13)12(9-20-15)5-6-19-16(21)10-18-8-11-1-2-11;/h3-4,7,9,11,18,20H,1-2,5-6,8,10H2,(H,19,21);1H. The average Bonchev–Trinajstić information content (AvgIpc) is 3.20. The van der Waals surface area contributed by atoms with Crippen molar-refractivity contribution in [3.05, 3.63) is 35.0 Å². The van der Waals surface area contributed by atoms with Gasteiger partial charge < -0.3 is 15.6 Å². The van der Waals surface area contributed by atoms with Crippen molar-refractivity contribution in [2.75, 3.05) is 19.6 Å². The molecule has 0 saturated heterocycles. The number of benzene rings is 1. The number of nitrogens with one attached hydrogen (secondary N) is 3. The number of H-pyrrole nitrogens is 1. The molecule has 1 saturated carbocycles. The van der Waals surface area contributed by atoms with Gasteiger partial charge in [0.1, 0.15) is 0 Å². The van der Waals surface area contributed by atoms with Crippen LogP contribution in [0.15, 0.2) is 24.4 Å². The van der Waals surface area contributed by atoms with Crippen LogP contribution in [0.3, 0.4) is 0 Å². The number of aromatic amines is 1. The summed E-state index contributed by atoms with van der Waals surface area (Å²) in [5.41, 5.74) is 2.26. The summed E-state index contributed by atoms with van der Waals surface area (Å²) in [6.07, 6.45) is 5.39. The molecule has 1 aromatic carbocycles. The molecule has 1 heterocycles. The number of hydrogen-bond donors (Lipinski definition) is 3. The van der Waals surface area contributed by atoms with Crippen LogP contribution in [0.5, 0.6) is 0 Å². The van der Waals surface area contributed by atoms with Gasteiger partial charge in [0.15, 0.2) is 0 Å². The van der Waals surface area contributed by atoms with Gasteiger partial charge in [-0.15, -0.1) is 12.4 Å². The normalized spacial score (nSPS) is 13.9. The molecular weight excluding hydrogens is 321 g/mol. The zero-order valence-electron chi connectivity index (χ0n) is 12.3. The molecule has 1 aliphatic rings. The molecule has 0 spiro atoms. The van der Waals surface area contributed by atoms with Gasteiger partial charge >= 0.3 is 0 Å². The topological polar surface area (TPSA) is 56.9 Å². The largest absolute Gasteiger partial charge is 0.361 e. The van der Waals surface area contributed by atoms with E-state index < -0.39 is 0 Å².